The Labute approximate surface area is 141 Å². The molecule has 0 aliphatic heterocycles. The average Bonchev–Trinajstić information content (AvgIpc) is 2.18. The Morgan fingerprint density at radius 2 is 1.88 bits per heavy atom. The molecule has 16 heavy (non-hydrogen) atoms. The third-order valence-corrected chi connectivity index (χ3v) is 2.04. The Hall–Kier alpha value is 0.546. The first kappa shape index (κ1) is 18.9. The predicted octanol–water partition coefficient (Wildman–Crippen LogP) is 0.305. The van der Waals surface area contributed by atoms with Crippen molar-refractivity contribution < 1.29 is 51.4 Å². The van der Waals surface area contributed by atoms with Gasteiger partial charge in [-0.05, 0) is 18.6 Å². The maximum absolute atomic E-state index is 10.4. The maximum atomic E-state index is 10.4. The van der Waals surface area contributed by atoms with Crippen LogP contribution in [0.25, 0.3) is 5.73 Å². The molecule has 0 atom stereocenters. The summed E-state index contributed by atoms with van der Waals surface area (Å²) >= 11 is 0. The van der Waals surface area contributed by atoms with Crippen LogP contribution in [0.15, 0.2) is 23.1 Å². The van der Waals surface area contributed by atoms with Gasteiger partial charge in [-0.2, -0.15) is 0 Å². The van der Waals surface area contributed by atoms with Gasteiger partial charge in [0.15, 0.2) is 0 Å². The largest absolute Gasteiger partial charge is 1.00 e. The van der Waals surface area contributed by atoms with Crippen LogP contribution in [0.1, 0.15) is 38.7 Å². The van der Waals surface area contributed by atoms with E-state index in [0.29, 0.717) is 6.04 Å². The number of nitrogens with one attached hydrogen (secondary N) is 2. The second kappa shape index (κ2) is 12.0. The number of aromatic nitrogens is 1. The minimum Gasteiger partial charge on any atom is -0.675 e. The van der Waals surface area contributed by atoms with Crippen molar-refractivity contribution in [3.63, 3.8) is 0 Å². The number of aryl methyl sites for hydroxylation is 1. The summed E-state index contributed by atoms with van der Waals surface area (Å²) < 4.78 is 0. The third kappa shape index (κ3) is 9.75. The van der Waals surface area contributed by atoms with Crippen molar-refractivity contribution in [2.24, 2.45) is 0 Å². The molecule has 3 nitrogen and oxygen atoms in total. The van der Waals surface area contributed by atoms with Gasteiger partial charge in [0.2, 0.25) is 5.56 Å². The predicted molar refractivity (Wildman–Crippen MR) is 65.1 cm³/mol. The van der Waals surface area contributed by atoms with Gasteiger partial charge in [0.05, 0.1) is 0 Å². The summed E-state index contributed by atoms with van der Waals surface area (Å²) in [6, 6.07) is 3.72. The van der Waals surface area contributed by atoms with E-state index in [1.54, 1.807) is 12.3 Å². The Bertz CT molecular complexity index is 308. The van der Waals surface area contributed by atoms with Gasteiger partial charge in [0, 0.05) is 12.3 Å². The van der Waals surface area contributed by atoms with Gasteiger partial charge < -0.3 is 10.7 Å². The molecule has 1 aliphatic rings. The molecule has 0 spiro atoms. The molecular formula is C12H21KN2O. The van der Waals surface area contributed by atoms with Crippen molar-refractivity contribution >= 4 is 0 Å². The van der Waals surface area contributed by atoms with Crippen LogP contribution in [-0.2, 0) is 0 Å². The number of hydrogen-bond donors (Lipinski definition) is 1. The number of pyridine rings is 1. The number of rotatable bonds is 0. The van der Waals surface area contributed by atoms with Crippen LogP contribution < -0.4 is 56.9 Å². The second-order valence-electron chi connectivity index (χ2n) is 3.36. The van der Waals surface area contributed by atoms with Crippen molar-refractivity contribution in [1.82, 2.24) is 4.98 Å². The Kier molecular flexibility index (Phi) is 14.2. The fourth-order valence-corrected chi connectivity index (χ4v) is 0.960. The monoisotopic (exact) mass is 248 g/mol. The molecule has 1 heterocycles. The van der Waals surface area contributed by atoms with Crippen LogP contribution in [0.5, 0.6) is 0 Å². The normalized spacial score (nSPS) is 13.0. The van der Waals surface area contributed by atoms with Crippen molar-refractivity contribution in [3.05, 3.63) is 40.0 Å². The minimum absolute atomic E-state index is 0. The zero-order chi connectivity index (χ0) is 11.7. The van der Waals surface area contributed by atoms with Gasteiger partial charge in [-0.3, -0.25) is 4.79 Å². The number of H-pyrrole nitrogens is 1. The van der Waals surface area contributed by atoms with E-state index in [2.05, 4.69) is 4.98 Å². The van der Waals surface area contributed by atoms with E-state index in [9.17, 15) is 4.79 Å². The van der Waals surface area contributed by atoms with E-state index >= 15 is 0 Å². The van der Waals surface area contributed by atoms with Gasteiger partial charge in [-0.25, -0.2) is 0 Å². The number of hydrogen-bond acceptors (Lipinski definition) is 1. The van der Waals surface area contributed by atoms with E-state index in [4.69, 9.17) is 5.73 Å². The fraction of sp³-hybridized carbons (Fsp3) is 0.583. The first-order valence-corrected chi connectivity index (χ1v) is 5.55. The van der Waals surface area contributed by atoms with Gasteiger partial charge in [-0.15, -0.1) is 6.04 Å². The molecule has 2 rings (SSSR count). The molecule has 0 bridgehead atoms. The van der Waals surface area contributed by atoms with E-state index in [1.165, 1.54) is 6.42 Å². The first-order valence-electron chi connectivity index (χ1n) is 5.55. The standard InChI is InChI=1S/C6H7NO.C4H8N.C2H6.K/c1-5-2-3-7-6(8)4-5;5-4-2-1-3-4;1-2;/h2-4H,1H3,(H,7,8);4-5H,1-3H2;1-2H3;/q;-1;;+1. The fourth-order valence-electron chi connectivity index (χ4n) is 0.960. The van der Waals surface area contributed by atoms with E-state index < -0.39 is 0 Å². The number of aromatic amines is 1. The molecule has 1 aromatic heterocycles. The molecular weight excluding hydrogens is 227 g/mol. The summed E-state index contributed by atoms with van der Waals surface area (Å²) in [5, 5.41) is 0. The molecule has 1 saturated carbocycles. The quantitative estimate of drug-likeness (QED) is 0.660. The van der Waals surface area contributed by atoms with Crippen LogP contribution in [0.2, 0.25) is 0 Å². The molecule has 0 radical (unpaired) electrons. The summed E-state index contributed by atoms with van der Waals surface area (Å²) in [4.78, 5) is 13.0. The van der Waals surface area contributed by atoms with E-state index in [-0.39, 0.29) is 56.9 Å². The third-order valence-electron chi connectivity index (χ3n) is 2.04. The molecule has 0 saturated heterocycles. The van der Waals surface area contributed by atoms with Crippen LogP contribution in [0.4, 0.5) is 0 Å². The van der Waals surface area contributed by atoms with Crippen LogP contribution >= 0.6 is 0 Å². The first-order chi connectivity index (χ1) is 7.18. The van der Waals surface area contributed by atoms with E-state index in [0.717, 1.165) is 18.4 Å². The Balaban J connectivity index is 0. The van der Waals surface area contributed by atoms with Crippen molar-refractivity contribution in [1.29, 1.82) is 0 Å². The second-order valence-corrected chi connectivity index (χ2v) is 3.36. The molecule has 0 unspecified atom stereocenters. The molecule has 1 fully saturated rings. The van der Waals surface area contributed by atoms with Crippen LogP contribution in [0, 0.1) is 6.92 Å². The Morgan fingerprint density at radius 3 is 2.06 bits per heavy atom. The van der Waals surface area contributed by atoms with Crippen LogP contribution in [-0.4, -0.2) is 11.0 Å². The molecule has 1 aliphatic carbocycles. The minimum atomic E-state index is -0.0370. The smallest absolute Gasteiger partial charge is 0.675 e. The van der Waals surface area contributed by atoms with Crippen LogP contribution in [0.3, 0.4) is 0 Å². The molecule has 0 aromatic carbocycles. The average molecular weight is 248 g/mol. The van der Waals surface area contributed by atoms with Gasteiger partial charge >= 0.3 is 51.4 Å². The summed E-state index contributed by atoms with van der Waals surface area (Å²) in [6.45, 7) is 5.88. The van der Waals surface area contributed by atoms with Gasteiger partial charge in [0.1, 0.15) is 0 Å². The van der Waals surface area contributed by atoms with Gasteiger partial charge in [0.25, 0.3) is 0 Å². The maximum Gasteiger partial charge on any atom is 1.00 e. The summed E-state index contributed by atoms with van der Waals surface area (Å²) in [6.07, 6.45) is 5.24. The molecule has 1 aromatic rings. The Morgan fingerprint density at radius 1 is 1.38 bits per heavy atom. The molecule has 2 N–H and O–H groups in total. The van der Waals surface area contributed by atoms with Crippen molar-refractivity contribution in [2.45, 2.75) is 46.1 Å². The molecule has 0 amide bonds. The zero-order valence-electron chi connectivity index (χ0n) is 10.8. The molecule has 4 heteroatoms. The summed E-state index contributed by atoms with van der Waals surface area (Å²) in [5.74, 6) is 0. The summed E-state index contributed by atoms with van der Waals surface area (Å²) in [7, 11) is 0. The van der Waals surface area contributed by atoms with Crippen molar-refractivity contribution in [2.75, 3.05) is 0 Å². The van der Waals surface area contributed by atoms with E-state index in [1.807, 2.05) is 26.8 Å². The van der Waals surface area contributed by atoms with Gasteiger partial charge in [-0.1, -0.05) is 33.1 Å². The topological polar surface area (TPSA) is 56.7 Å². The van der Waals surface area contributed by atoms with Crippen molar-refractivity contribution in [3.8, 4) is 0 Å². The SMILES string of the molecule is CC.Cc1cc[nH]c(=O)c1.[K+].[NH-]C1CCC1. The zero-order valence-corrected chi connectivity index (χ0v) is 14.0. The summed E-state index contributed by atoms with van der Waals surface area (Å²) in [5.41, 5.74) is 7.87. The molecule has 86 valence electrons.